The quantitative estimate of drug-likeness (QED) is 0.912. The van der Waals surface area contributed by atoms with Gasteiger partial charge in [-0.15, -0.1) is 0 Å². The molecule has 0 fully saturated rings. The highest BCUT2D eigenvalue weighted by atomic mass is 79.9. The van der Waals surface area contributed by atoms with Crippen LogP contribution in [0.4, 0.5) is 0 Å². The Morgan fingerprint density at radius 1 is 1.38 bits per heavy atom. The van der Waals surface area contributed by atoms with Crippen LogP contribution in [0.1, 0.15) is 38.9 Å². The molecule has 16 heavy (non-hydrogen) atoms. The van der Waals surface area contributed by atoms with E-state index in [1.807, 2.05) is 18.2 Å². The van der Waals surface area contributed by atoms with Gasteiger partial charge in [-0.3, -0.25) is 0 Å². The summed E-state index contributed by atoms with van der Waals surface area (Å²) in [7, 11) is 1.63. The molecule has 1 unspecified atom stereocenters. The second-order valence-electron chi connectivity index (χ2n) is 5.17. The topological polar surface area (TPSA) is 29.5 Å². The first-order valence-electron chi connectivity index (χ1n) is 5.35. The summed E-state index contributed by atoms with van der Waals surface area (Å²) in [5.41, 5.74) is 1.02. The summed E-state index contributed by atoms with van der Waals surface area (Å²) in [5, 5.41) is 10.1. The number of ether oxygens (including phenoxy) is 1. The van der Waals surface area contributed by atoms with Crippen molar-refractivity contribution in [2.24, 2.45) is 5.41 Å². The second-order valence-corrected chi connectivity index (χ2v) is 6.02. The van der Waals surface area contributed by atoms with E-state index in [-0.39, 0.29) is 5.41 Å². The average molecular weight is 287 g/mol. The SMILES string of the molecule is COc1ccc(C(O)CC(C)(C)C)c(Br)c1. The highest BCUT2D eigenvalue weighted by Crippen LogP contribution is 2.34. The maximum atomic E-state index is 10.1. The van der Waals surface area contributed by atoms with E-state index in [4.69, 9.17) is 4.74 Å². The average Bonchev–Trinajstić information content (AvgIpc) is 2.14. The minimum atomic E-state index is -0.444. The van der Waals surface area contributed by atoms with Gasteiger partial charge in [-0.1, -0.05) is 42.8 Å². The third-order valence-corrected chi connectivity index (χ3v) is 3.06. The molecule has 3 heteroatoms. The van der Waals surface area contributed by atoms with E-state index in [9.17, 15) is 5.11 Å². The van der Waals surface area contributed by atoms with Gasteiger partial charge in [-0.05, 0) is 29.5 Å². The zero-order valence-electron chi connectivity index (χ0n) is 10.2. The van der Waals surface area contributed by atoms with Crippen LogP contribution >= 0.6 is 15.9 Å². The molecule has 0 aliphatic heterocycles. The third kappa shape index (κ3) is 3.80. The summed E-state index contributed by atoms with van der Waals surface area (Å²) >= 11 is 3.46. The van der Waals surface area contributed by atoms with Gasteiger partial charge in [0, 0.05) is 4.47 Å². The smallest absolute Gasteiger partial charge is 0.120 e. The minimum Gasteiger partial charge on any atom is -0.497 e. The number of aliphatic hydroxyl groups excluding tert-OH is 1. The molecule has 0 heterocycles. The molecular formula is C13H19BrO2. The van der Waals surface area contributed by atoms with E-state index in [2.05, 4.69) is 36.7 Å². The number of halogens is 1. The number of hydrogen-bond acceptors (Lipinski definition) is 2. The second kappa shape index (κ2) is 5.19. The number of benzene rings is 1. The molecule has 0 aliphatic rings. The first-order chi connectivity index (χ1) is 7.33. The molecule has 0 saturated carbocycles. The molecular weight excluding hydrogens is 268 g/mol. The van der Waals surface area contributed by atoms with Crippen molar-refractivity contribution in [2.75, 3.05) is 7.11 Å². The maximum absolute atomic E-state index is 10.1. The first-order valence-corrected chi connectivity index (χ1v) is 6.14. The summed E-state index contributed by atoms with van der Waals surface area (Å²) in [6.45, 7) is 6.36. The summed E-state index contributed by atoms with van der Waals surface area (Å²) in [4.78, 5) is 0. The van der Waals surface area contributed by atoms with E-state index in [0.717, 1.165) is 22.2 Å². The van der Waals surface area contributed by atoms with Gasteiger partial charge in [0.05, 0.1) is 13.2 Å². The van der Waals surface area contributed by atoms with Gasteiger partial charge in [-0.2, -0.15) is 0 Å². The minimum absolute atomic E-state index is 0.110. The normalized spacial score (nSPS) is 13.6. The fourth-order valence-corrected chi connectivity index (χ4v) is 2.22. The zero-order chi connectivity index (χ0) is 12.3. The predicted octanol–water partition coefficient (Wildman–Crippen LogP) is 3.93. The highest BCUT2D eigenvalue weighted by Gasteiger charge is 2.19. The summed E-state index contributed by atoms with van der Waals surface area (Å²) in [6, 6.07) is 5.65. The molecule has 0 saturated heterocycles. The Morgan fingerprint density at radius 2 is 2.00 bits per heavy atom. The van der Waals surface area contributed by atoms with Gasteiger partial charge in [-0.25, -0.2) is 0 Å². The van der Waals surface area contributed by atoms with Crippen molar-refractivity contribution < 1.29 is 9.84 Å². The van der Waals surface area contributed by atoms with Gasteiger partial charge in [0.2, 0.25) is 0 Å². The Balaban J connectivity index is 2.88. The lowest BCUT2D eigenvalue weighted by molar-refractivity contribution is 0.121. The van der Waals surface area contributed by atoms with Crippen LogP contribution in [-0.2, 0) is 0 Å². The molecule has 90 valence electrons. The van der Waals surface area contributed by atoms with Crippen LogP contribution in [-0.4, -0.2) is 12.2 Å². The molecule has 0 aromatic heterocycles. The van der Waals surface area contributed by atoms with Crippen LogP contribution in [0, 0.1) is 5.41 Å². The van der Waals surface area contributed by atoms with Crippen LogP contribution < -0.4 is 4.74 Å². The van der Waals surface area contributed by atoms with E-state index in [1.165, 1.54) is 0 Å². The van der Waals surface area contributed by atoms with E-state index < -0.39 is 6.10 Å². The van der Waals surface area contributed by atoms with E-state index >= 15 is 0 Å². The van der Waals surface area contributed by atoms with Gasteiger partial charge in [0.15, 0.2) is 0 Å². The van der Waals surface area contributed by atoms with Crippen LogP contribution in [0.5, 0.6) is 5.75 Å². The Bertz CT molecular complexity index is 355. The van der Waals surface area contributed by atoms with Crippen molar-refractivity contribution in [1.82, 2.24) is 0 Å². The van der Waals surface area contributed by atoms with E-state index in [0.29, 0.717) is 0 Å². The van der Waals surface area contributed by atoms with Gasteiger partial charge < -0.3 is 9.84 Å². The summed E-state index contributed by atoms with van der Waals surface area (Å²) in [5.74, 6) is 0.790. The third-order valence-electron chi connectivity index (χ3n) is 2.37. The van der Waals surface area contributed by atoms with Crippen LogP contribution in [0.2, 0.25) is 0 Å². The summed E-state index contributed by atoms with van der Waals surface area (Å²) in [6.07, 6.45) is 0.290. The Labute approximate surface area is 106 Å². The van der Waals surface area contributed by atoms with E-state index in [1.54, 1.807) is 7.11 Å². The van der Waals surface area contributed by atoms with Crippen molar-refractivity contribution >= 4 is 15.9 Å². The first kappa shape index (κ1) is 13.5. The van der Waals surface area contributed by atoms with Crippen molar-refractivity contribution in [1.29, 1.82) is 0 Å². The molecule has 2 nitrogen and oxygen atoms in total. The lowest BCUT2D eigenvalue weighted by Gasteiger charge is -2.23. The molecule has 0 amide bonds. The lowest BCUT2D eigenvalue weighted by atomic mass is 9.87. The molecule has 0 aliphatic carbocycles. The fraction of sp³-hybridized carbons (Fsp3) is 0.538. The molecule has 0 bridgehead atoms. The van der Waals surface area contributed by atoms with Crippen molar-refractivity contribution in [3.63, 3.8) is 0 Å². The number of methoxy groups -OCH3 is 1. The van der Waals surface area contributed by atoms with Crippen molar-refractivity contribution in [3.05, 3.63) is 28.2 Å². The Hall–Kier alpha value is -0.540. The van der Waals surface area contributed by atoms with Gasteiger partial charge in [0.1, 0.15) is 5.75 Å². The molecule has 1 aromatic rings. The highest BCUT2D eigenvalue weighted by molar-refractivity contribution is 9.10. The predicted molar refractivity (Wildman–Crippen MR) is 69.7 cm³/mol. The number of aliphatic hydroxyl groups is 1. The zero-order valence-corrected chi connectivity index (χ0v) is 11.8. The van der Waals surface area contributed by atoms with Crippen molar-refractivity contribution in [3.8, 4) is 5.75 Å². The van der Waals surface area contributed by atoms with Crippen LogP contribution in [0.3, 0.4) is 0 Å². The largest absolute Gasteiger partial charge is 0.497 e. The van der Waals surface area contributed by atoms with Crippen LogP contribution in [0.15, 0.2) is 22.7 Å². The molecule has 1 rings (SSSR count). The molecule has 1 aromatic carbocycles. The summed E-state index contributed by atoms with van der Waals surface area (Å²) < 4.78 is 6.01. The fourth-order valence-electron chi connectivity index (χ4n) is 1.60. The van der Waals surface area contributed by atoms with Gasteiger partial charge in [0.25, 0.3) is 0 Å². The Kier molecular flexibility index (Phi) is 4.39. The maximum Gasteiger partial charge on any atom is 0.120 e. The molecule has 0 spiro atoms. The van der Waals surface area contributed by atoms with Crippen molar-refractivity contribution in [2.45, 2.75) is 33.3 Å². The Morgan fingerprint density at radius 3 is 2.44 bits per heavy atom. The molecule has 0 radical (unpaired) electrons. The van der Waals surface area contributed by atoms with Crippen LogP contribution in [0.25, 0.3) is 0 Å². The number of hydrogen-bond donors (Lipinski definition) is 1. The lowest BCUT2D eigenvalue weighted by Crippen LogP contribution is -2.12. The molecule has 1 N–H and O–H groups in total. The monoisotopic (exact) mass is 286 g/mol. The molecule has 1 atom stereocenters. The van der Waals surface area contributed by atoms with Gasteiger partial charge >= 0.3 is 0 Å². The number of rotatable bonds is 3. The standard InChI is InChI=1S/C13H19BrO2/c1-13(2,3)8-12(15)10-6-5-9(16-4)7-11(10)14/h5-7,12,15H,8H2,1-4H3.